The Balaban J connectivity index is 2.14. The highest BCUT2D eigenvalue weighted by Gasteiger charge is 2.15. The second kappa shape index (κ2) is 6.71. The molecule has 1 N–H and O–H groups in total. The van der Waals surface area contributed by atoms with Crippen LogP contribution in [0.3, 0.4) is 0 Å². The molecule has 0 spiro atoms. The highest BCUT2D eigenvalue weighted by atomic mass is 79.9. The number of carbonyl (C=O) groups excluding carboxylic acids is 1. The predicted molar refractivity (Wildman–Crippen MR) is 87.6 cm³/mol. The second-order valence-electron chi connectivity index (χ2n) is 4.25. The zero-order valence-electron chi connectivity index (χ0n) is 11.8. The van der Waals surface area contributed by atoms with Gasteiger partial charge in [-0.3, -0.25) is 4.57 Å². The third-order valence-electron chi connectivity index (χ3n) is 2.88. The average Bonchev–Trinajstić information content (AvgIpc) is 2.91. The van der Waals surface area contributed by atoms with Crippen molar-refractivity contribution in [3.05, 3.63) is 25.1 Å². The van der Waals surface area contributed by atoms with Crippen LogP contribution in [0.25, 0.3) is 0 Å². The first-order chi connectivity index (χ1) is 9.95. The first kappa shape index (κ1) is 16.2. The Bertz CT molecular complexity index is 700. The summed E-state index contributed by atoms with van der Waals surface area (Å²) in [5, 5.41) is 8.88. The Morgan fingerprint density at radius 3 is 2.90 bits per heavy atom. The highest BCUT2D eigenvalue weighted by molar-refractivity contribution is 9.10. The van der Waals surface area contributed by atoms with Crippen molar-refractivity contribution in [3.8, 4) is 6.01 Å². The van der Waals surface area contributed by atoms with Crippen molar-refractivity contribution < 1.29 is 9.53 Å². The van der Waals surface area contributed by atoms with Gasteiger partial charge in [0.25, 0.3) is 0 Å². The molecule has 1 amide bonds. The molecule has 0 unspecified atom stereocenters. The molecule has 0 bridgehead atoms. The van der Waals surface area contributed by atoms with E-state index < -0.39 is 0 Å². The van der Waals surface area contributed by atoms with Gasteiger partial charge < -0.3 is 10.1 Å². The summed E-state index contributed by atoms with van der Waals surface area (Å²) in [6.45, 7) is 4.73. The van der Waals surface area contributed by atoms with Crippen LogP contribution in [-0.2, 0) is 13.6 Å². The monoisotopic (exact) mass is 390 g/mol. The zero-order valence-corrected chi connectivity index (χ0v) is 15.1. The van der Waals surface area contributed by atoms with Gasteiger partial charge in [0, 0.05) is 28.3 Å². The summed E-state index contributed by atoms with van der Waals surface area (Å²) < 4.78 is 9.29. The number of aromatic nitrogens is 3. The molecular weight excluding hydrogens is 376 g/mol. The van der Waals surface area contributed by atoms with E-state index in [1.165, 1.54) is 0 Å². The molecule has 2 rings (SSSR count). The van der Waals surface area contributed by atoms with Crippen molar-refractivity contribution in [1.82, 2.24) is 19.7 Å². The number of aryl methyl sites for hydroxylation is 1. The van der Waals surface area contributed by atoms with Crippen molar-refractivity contribution in [2.75, 3.05) is 6.61 Å². The minimum atomic E-state index is -0.376. The van der Waals surface area contributed by atoms with E-state index in [0.29, 0.717) is 19.2 Å². The normalized spacial score (nSPS) is 10.7. The molecule has 21 heavy (non-hydrogen) atoms. The van der Waals surface area contributed by atoms with E-state index in [0.717, 1.165) is 19.6 Å². The first-order valence-electron chi connectivity index (χ1n) is 6.25. The molecule has 2 aromatic heterocycles. The fraction of sp³-hybridized carbons (Fsp3) is 0.417. The van der Waals surface area contributed by atoms with Crippen molar-refractivity contribution >= 4 is 45.5 Å². The van der Waals surface area contributed by atoms with Crippen LogP contribution in [0.1, 0.15) is 17.4 Å². The quantitative estimate of drug-likeness (QED) is 0.813. The Hall–Kier alpha value is -1.19. The summed E-state index contributed by atoms with van der Waals surface area (Å²) in [5.74, 6) is 0. The van der Waals surface area contributed by atoms with Gasteiger partial charge in [-0.2, -0.15) is 0 Å². The Morgan fingerprint density at radius 1 is 1.62 bits per heavy atom. The highest BCUT2D eigenvalue weighted by Crippen LogP contribution is 2.26. The van der Waals surface area contributed by atoms with Crippen LogP contribution < -0.4 is 10.1 Å². The SMILES string of the molecule is CCOc1nn(C(=O)NCc2c(Br)csc2C)c(=S)n1C. The summed E-state index contributed by atoms with van der Waals surface area (Å²) in [7, 11) is 1.71. The maximum Gasteiger partial charge on any atom is 0.345 e. The molecule has 0 radical (unpaired) electrons. The number of nitrogens with one attached hydrogen (secondary N) is 1. The van der Waals surface area contributed by atoms with E-state index >= 15 is 0 Å². The molecule has 0 saturated heterocycles. The lowest BCUT2D eigenvalue weighted by Gasteiger charge is -2.05. The lowest BCUT2D eigenvalue weighted by atomic mass is 10.3. The number of amides is 1. The number of thiophene rings is 1. The van der Waals surface area contributed by atoms with Gasteiger partial charge in [0.1, 0.15) is 0 Å². The van der Waals surface area contributed by atoms with E-state index in [-0.39, 0.29) is 10.8 Å². The predicted octanol–water partition coefficient (Wildman–Crippen LogP) is 3.24. The van der Waals surface area contributed by atoms with Crippen LogP contribution in [0.2, 0.25) is 0 Å². The van der Waals surface area contributed by atoms with Crippen LogP contribution in [0.15, 0.2) is 9.85 Å². The molecule has 114 valence electrons. The summed E-state index contributed by atoms with van der Waals surface area (Å²) >= 11 is 10.3. The smallest absolute Gasteiger partial charge is 0.345 e. The molecular formula is C12H15BrN4O2S2. The lowest BCUT2D eigenvalue weighted by Crippen LogP contribution is -2.29. The topological polar surface area (TPSA) is 61.1 Å². The minimum absolute atomic E-state index is 0.289. The third kappa shape index (κ3) is 3.35. The van der Waals surface area contributed by atoms with Crippen LogP contribution in [-0.4, -0.2) is 27.0 Å². The first-order valence-corrected chi connectivity index (χ1v) is 8.33. The third-order valence-corrected chi connectivity index (χ3v) is 5.29. The molecule has 0 aliphatic carbocycles. The summed E-state index contributed by atoms with van der Waals surface area (Å²) in [6.07, 6.45) is 0. The van der Waals surface area contributed by atoms with Gasteiger partial charge in [-0.15, -0.1) is 21.1 Å². The van der Waals surface area contributed by atoms with E-state index in [2.05, 4.69) is 26.3 Å². The van der Waals surface area contributed by atoms with Gasteiger partial charge in [0.05, 0.1) is 6.61 Å². The van der Waals surface area contributed by atoms with Gasteiger partial charge in [0.15, 0.2) is 0 Å². The fourth-order valence-electron chi connectivity index (χ4n) is 1.70. The number of halogens is 1. The Morgan fingerprint density at radius 2 is 2.33 bits per heavy atom. The maximum atomic E-state index is 12.2. The van der Waals surface area contributed by atoms with Gasteiger partial charge in [-0.05, 0) is 47.6 Å². The zero-order chi connectivity index (χ0) is 15.6. The van der Waals surface area contributed by atoms with Gasteiger partial charge in [-0.1, -0.05) is 0 Å². The molecule has 0 saturated carbocycles. The molecule has 0 aliphatic rings. The summed E-state index contributed by atoms with van der Waals surface area (Å²) in [6, 6.07) is -0.0513. The molecule has 0 aromatic carbocycles. The number of carbonyl (C=O) groups is 1. The maximum absolute atomic E-state index is 12.2. The molecule has 2 heterocycles. The van der Waals surface area contributed by atoms with Crippen molar-refractivity contribution in [3.63, 3.8) is 0 Å². The molecule has 0 fully saturated rings. The average molecular weight is 391 g/mol. The van der Waals surface area contributed by atoms with Gasteiger partial charge in [0.2, 0.25) is 4.77 Å². The molecule has 0 atom stereocenters. The fourth-order valence-corrected chi connectivity index (χ4v) is 3.50. The molecule has 0 aliphatic heterocycles. The van der Waals surface area contributed by atoms with Crippen molar-refractivity contribution in [2.45, 2.75) is 20.4 Å². The Kier molecular flexibility index (Phi) is 5.17. The number of nitrogens with zero attached hydrogens (tertiary/aromatic N) is 3. The van der Waals surface area contributed by atoms with Crippen molar-refractivity contribution in [1.29, 1.82) is 0 Å². The van der Waals surface area contributed by atoms with Crippen LogP contribution in [0.5, 0.6) is 6.01 Å². The van der Waals surface area contributed by atoms with E-state index in [9.17, 15) is 4.79 Å². The Labute approximate surface area is 139 Å². The number of rotatable bonds is 4. The summed E-state index contributed by atoms with van der Waals surface area (Å²) in [5.41, 5.74) is 1.06. The standard InChI is InChI=1S/C12H15BrN4O2S2/c1-4-19-11-15-17(12(20)16(11)3)10(18)14-5-8-7(2)21-6-9(8)13/h6H,4-5H2,1-3H3,(H,14,18). The second-order valence-corrected chi connectivity index (χ2v) is 6.55. The van der Waals surface area contributed by atoms with Crippen molar-refractivity contribution in [2.24, 2.45) is 7.05 Å². The van der Waals surface area contributed by atoms with Gasteiger partial charge >= 0.3 is 12.0 Å². The summed E-state index contributed by atoms with van der Waals surface area (Å²) in [4.78, 5) is 13.3. The van der Waals surface area contributed by atoms with Crippen LogP contribution in [0, 0.1) is 11.7 Å². The van der Waals surface area contributed by atoms with Crippen LogP contribution >= 0.6 is 39.5 Å². The van der Waals surface area contributed by atoms with E-state index in [1.807, 2.05) is 19.2 Å². The largest absolute Gasteiger partial charge is 0.464 e. The number of ether oxygens (including phenoxy) is 1. The lowest BCUT2D eigenvalue weighted by molar-refractivity contribution is 0.237. The molecule has 2 aromatic rings. The van der Waals surface area contributed by atoms with E-state index in [4.69, 9.17) is 17.0 Å². The van der Waals surface area contributed by atoms with Gasteiger partial charge in [-0.25, -0.2) is 4.79 Å². The number of hydrogen-bond donors (Lipinski definition) is 1. The van der Waals surface area contributed by atoms with Crippen LogP contribution in [0.4, 0.5) is 4.79 Å². The van der Waals surface area contributed by atoms with E-state index in [1.54, 1.807) is 23.0 Å². The molecule has 6 nitrogen and oxygen atoms in total. The number of hydrogen-bond acceptors (Lipinski definition) is 5. The molecule has 9 heteroatoms. The minimum Gasteiger partial charge on any atom is -0.464 e.